The summed E-state index contributed by atoms with van der Waals surface area (Å²) >= 11 is 0. The highest BCUT2D eigenvalue weighted by Gasteiger charge is 2.21. The van der Waals surface area contributed by atoms with Crippen molar-refractivity contribution < 1.29 is 9.63 Å². The molecule has 1 heterocycles. The molecule has 0 aliphatic heterocycles. The predicted molar refractivity (Wildman–Crippen MR) is 88.0 cm³/mol. The third-order valence-corrected chi connectivity index (χ3v) is 4.18. The molecule has 3 rings (SSSR count). The van der Waals surface area contributed by atoms with Crippen molar-refractivity contribution in [3.05, 3.63) is 35.5 Å². The van der Waals surface area contributed by atoms with Crippen molar-refractivity contribution in [2.75, 3.05) is 0 Å². The lowest BCUT2D eigenvalue weighted by atomic mass is 9.94. The molecule has 22 heavy (non-hydrogen) atoms. The number of aromatic amines is 1. The van der Waals surface area contributed by atoms with Gasteiger partial charge in [-0.25, -0.2) is 4.79 Å². The molecule has 116 valence electrons. The topological polar surface area (TPSA) is 54.4 Å². The van der Waals surface area contributed by atoms with Gasteiger partial charge in [0.25, 0.3) is 0 Å². The molecule has 4 heteroatoms. The van der Waals surface area contributed by atoms with Crippen molar-refractivity contribution >= 4 is 22.6 Å². The number of hydrogen-bond donors (Lipinski definition) is 1. The molecule has 0 saturated heterocycles. The number of oxime groups is 1. The summed E-state index contributed by atoms with van der Waals surface area (Å²) < 4.78 is 0. The van der Waals surface area contributed by atoms with Crippen LogP contribution in [0.5, 0.6) is 0 Å². The van der Waals surface area contributed by atoms with Gasteiger partial charge >= 0.3 is 5.97 Å². The van der Waals surface area contributed by atoms with Crippen LogP contribution in [0.3, 0.4) is 0 Å². The molecule has 0 fully saturated rings. The molecule has 1 aliphatic carbocycles. The molecule has 0 spiro atoms. The molecular weight excluding hydrogens is 276 g/mol. The molecule has 1 aromatic heterocycles. The highest BCUT2D eigenvalue weighted by atomic mass is 16.7. The Morgan fingerprint density at radius 3 is 3.00 bits per heavy atom. The summed E-state index contributed by atoms with van der Waals surface area (Å²) in [5.41, 5.74) is 4.31. The molecule has 0 unspecified atom stereocenters. The summed E-state index contributed by atoms with van der Waals surface area (Å²) in [6.07, 6.45) is 6.41. The third kappa shape index (κ3) is 3.06. The average molecular weight is 298 g/mol. The minimum Gasteiger partial charge on any atom is -0.353 e. The third-order valence-electron chi connectivity index (χ3n) is 4.18. The van der Waals surface area contributed by atoms with Crippen LogP contribution in [0.1, 0.15) is 56.7 Å². The summed E-state index contributed by atoms with van der Waals surface area (Å²) in [5.74, 6) is -0.232. The van der Waals surface area contributed by atoms with E-state index in [1.54, 1.807) is 0 Å². The molecule has 0 radical (unpaired) electrons. The van der Waals surface area contributed by atoms with Crippen LogP contribution in [0.15, 0.2) is 29.4 Å². The van der Waals surface area contributed by atoms with Gasteiger partial charge < -0.3 is 9.82 Å². The monoisotopic (exact) mass is 298 g/mol. The molecule has 1 aromatic carbocycles. The van der Waals surface area contributed by atoms with E-state index < -0.39 is 0 Å². The van der Waals surface area contributed by atoms with E-state index in [4.69, 9.17) is 4.84 Å². The summed E-state index contributed by atoms with van der Waals surface area (Å²) in [6, 6.07) is 8.27. The lowest BCUT2D eigenvalue weighted by molar-refractivity contribution is -0.143. The number of benzene rings is 1. The number of fused-ring (bicyclic) bond motifs is 3. The first-order valence-corrected chi connectivity index (χ1v) is 8.16. The van der Waals surface area contributed by atoms with Crippen LogP contribution in [0, 0.1) is 0 Å². The van der Waals surface area contributed by atoms with Crippen molar-refractivity contribution in [2.24, 2.45) is 5.16 Å². The second-order valence-electron chi connectivity index (χ2n) is 5.84. The second-order valence-corrected chi connectivity index (χ2v) is 5.84. The lowest BCUT2D eigenvalue weighted by Crippen LogP contribution is -2.13. The number of carbonyl (C=O) groups excluding carboxylic acids is 1. The van der Waals surface area contributed by atoms with Crippen molar-refractivity contribution in [2.45, 2.75) is 51.9 Å². The van der Waals surface area contributed by atoms with Gasteiger partial charge in [0.15, 0.2) is 0 Å². The van der Waals surface area contributed by atoms with Gasteiger partial charge in [0.05, 0.1) is 5.69 Å². The number of aryl methyl sites for hydroxylation is 1. The molecule has 4 nitrogen and oxygen atoms in total. The number of carbonyl (C=O) groups is 1. The first-order valence-electron chi connectivity index (χ1n) is 8.16. The van der Waals surface area contributed by atoms with Crippen LogP contribution in [-0.4, -0.2) is 16.7 Å². The van der Waals surface area contributed by atoms with Gasteiger partial charge in [-0.3, -0.25) is 0 Å². The molecular formula is C18H22N2O2. The molecule has 0 saturated carbocycles. The maximum atomic E-state index is 11.7. The summed E-state index contributed by atoms with van der Waals surface area (Å²) in [7, 11) is 0. The van der Waals surface area contributed by atoms with Gasteiger partial charge in [0, 0.05) is 17.3 Å². The molecule has 0 atom stereocenters. The van der Waals surface area contributed by atoms with Gasteiger partial charge in [0.1, 0.15) is 5.71 Å². The predicted octanol–water partition coefficient (Wildman–Crippen LogP) is 4.33. The van der Waals surface area contributed by atoms with Gasteiger partial charge in [-0.1, -0.05) is 43.1 Å². The molecule has 1 N–H and O–H groups in total. The van der Waals surface area contributed by atoms with Gasteiger partial charge in [-0.05, 0) is 37.3 Å². The Bertz CT molecular complexity index is 700. The standard InChI is InChI=1S/C18H22N2O2/c1-2-3-4-12-17(21)22-20-16-11-7-9-14-13-8-5-6-10-15(13)19-18(14)16/h5-6,8,10,19H,2-4,7,9,11-12H2,1H3/b20-16+. The van der Waals surface area contributed by atoms with Crippen molar-refractivity contribution in [1.82, 2.24) is 4.98 Å². The Kier molecular flexibility index (Phi) is 4.56. The minimum absolute atomic E-state index is 0.232. The largest absolute Gasteiger partial charge is 0.353 e. The fourth-order valence-corrected chi connectivity index (χ4v) is 3.03. The van der Waals surface area contributed by atoms with Gasteiger partial charge in [0.2, 0.25) is 0 Å². The lowest BCUT2D eigenvalue weighted by Gasteiger charge is -2.13. The van der Waals surface area contributed by atoms with E-state index in [2.05, 4.69) is 35.3 Å². The van der Waals surface area contributed by atoms with E-state index in [-0.39, 0.29) is 5.97 Å². The molecule has 0 amide bonds. The summed E-state index contributed by atoms with van der Waals surface area (Å²) in [5, 5.41) is 5.38. The Labute approximate surface area is 130 Å². The van der Waals surface area contributed by atoms with E-state index in [0.29, 0.717) is 6.42 Å². The number of nitrogens with one attached hydrogen (secondary N) is 1. The van der Waals surface area contributed by atoms with Crippen molar-refractivity contribution in [1.29, 1.82) is 0 Å². The highest BCUT2D eigenvalue weighted by molar-refractivity contribution is 6.06. The first-order chi connectivity index (χ1) is 10.8. The maximum Gasteiger partial charge on any atom is 0.335 e. The zero-order valence-electron chi connectivity index (χ0n) is 13.0. The Hall–Kier alpha value is -2.10. The number of rotatable bonds is 5. The Morgan fingerprint density at radius 1 is 1.27 bits per heavy atom. The number of aromatic nitrogens is 1. The number of unbranched alkanes of at least 4 members (excludes halogenated alkanes) is 2. The van der Waals surface area contributed by atoms with E-state index >= 15 is 0 Å². The molecule has 0 bridgehead atoms. The summed E-state index contributed by atoms with van der Waals surface area (Å²) in [6.45, 7) is 2.12. The Morgan fingerprint density at radius 2 is 2.14 bits per heavy atom. The van der Waals surface area contributed by atoms with Crippen LogP contribution in [0.4, 0.5) is 0 Å². The van der Waals surface area contributed by atoms with E-state index in [9.17, 15) is 4.79 Å². The van der Waals surface area contributed by atoms with E-state index in [0.717, 1.165) is 55.4 Å². The van der Waals surface area contributed by atoms with Gasteiger partial charge in [-0.2, -0.15) is 0 Å². The zero-order valence-corrected chi connectivity index (χ0v) is 13.0. The van der Waals surface area contributed by atoms with Crippen LogP contribution in [-0.2, 0) is 16.1 Å². The van der Waals surface area contributed by atoms with Gasteiger partial charge in [-0.15, -0.1) is 0 Å². The highest BCUT2D eigenvalue weighted by Crippen LogP contribution is 2.29. The van der Waals surface area contributed by atoms with Crippen LogP contribution < -0.4 is 0 Å². The van der Waals surface area contributed by atoms with Crippen LogP contribution in [0.25, 0.3) is 10.9 Å². The normalized spacial score (nSPS) is 16.0. The second kappa shape index (κ2) is 6.77. The minimum atomic E-state index is -0.232. The number of nitrogens with zero attached hydrogens (tertiary/aromatic N) is 1. The van der Waals surface area contributed by atoms with Crippen LogP contribution >= 0.6 is 0 Å². The number of H-pyrrole nitrogens is 1. The Balaban J connectivity index is 1.76. The summed E-state index contributed by atoms with van der Waals surface area (Å²) in [4.78, 5) is 20.2. The first kappa shape index (κ1) is 14.8. The average Bonchev–Trinajstić information content (AvgIpc) is 2.92. The van der Waals surface area contributed by atoms with Crippen molar-refractivity contribution in [3.63, 3.8) is 0 Å². The number of para-hydroxylation sites is 1. The van der Waals surface area contributed by atoms with Crippen LogP contribution in [0.2, 0.25) is 0 Å². The van der Waals surface area contributed by atoms with Crippen molar-refractivity contribution in [3.8, 4) is 0 Å². The molecule has 2 aromatic rings. The molecule has 1 aliphatic rings. The fraction of sp³-hybridized carbons (Fsp3) is 0.444. The fourth-order valence-electron chi connectivity index (χ4n) is 3.03. The zero-order chi connectivity index (χ0) is 15.4. The van der Waals surface area contributed by atoms with E-state index in [1.165, 1.54) is 10.9 Å². The maximum absolute atomic E-state index is 11.7. The SMILES string of the molecule is CCCCCC(=O)O/N=C1\CCCc2c1[nH]c1ccccc21. The quantitative estimate of drug-likeness (QED) is 0.507. The number of hydrogen-bond acceptors (Lipinski definition) is 3. The smallest absolute Gasteiger partial charge is 0.335 e. The van der Waals surface area contributed by atoms with E-state index in [1.807, 2.05) is 6.07 Å².